The van der Waals surface area contributed by atoms with Crippen LogP contribution in [0.2, 0.25) is 0 Å². The average molecular weight is 513 g/mol. The summed E-state index contributed by atoms with van der Waals surface area (Å²) in [6, 6.07) is 22.9. The Kier molecular flexibility index (Phi) is 9.10. The van der Waals surface area contributed by atoms with Crippen molar-refractivity contribution in [3.05, 3.63) is 95.1 Å². The van der Waals surface area contributed by atoms with Gasteiger partial charge in [0.25, 0.3) is 0 Å². The fourth-order valence-corrected chi connectivity index (χ4v) is 3.37. The van der Waals surface area contributed by atoms with Crippen molar-refractivity contribution in [3.63, 3.8) is 0 Å². The van der Waals surface area contributed by atoms with Crippen molar-refractivity contribution in [1.82, 2.24) is 0 Å². The van der Waals surface area contributed by atoms with Crippen molar-refractivity contribution in [1.29, 1.82) is 0 Å². The second kappa shape index (κ2) is 12.0. The normalized spacial score (nSPS) is 11.0. The van der Waals surface area contributed by atoms with Crippen LogP contribution in [0, 0.1) is 13.8 Å². The number of phenolic OH excluding ortho intramolecular Hbond substituents is 2. The number of phenols is 2. The van der Waals surface area contributed by atoms with Crippen LogP contribution in [0.25, 0.3) is 10.8 Å². The maximum atomic E-state index is 10.3. The predicted octanol–water partition coefficient (Wildman–Crippen LogP) is 7.75. The van der Waals surface area contributed by atoms with E-state index in [1.807, 2.05) is 86.6 Å². The first-order valence-corrected chi connectivity index (χ1v) is 14.4. The summed E-state index contributed by atoms with van der Waals surface area (Å²) in [6.07, 6.45) is 3.34. The molecule has 0 saturated carbocycles. The Labute approximate surface area is 209 Å². The van der Waals surface area contributed by atoms with Crippen LogP contribution in [-0.2, 0) is 17.0 Å². The molecule has 0 fully saturated rings. The van der Waals surface area contributed by atoms with Gasteiger partial charge in [-0.25, -0.2) is 0 Å². The zero-order valence-corrected chi connectivity index (χ0v) is 21.2. The van der Waals surface area contributed by atoms with Gasteiger partial charge in [0.15, 0.2) is 0 Å². The van der Waals surface area contributed by atoms with Crippen LogP contribution in [0.15, 0.2) is 82.8 Å². The van der Waals surface area contributed by atoms with Crippen LogP contribution in [-0.4, -0.2) is 22.6 Å². The van der Waals surface area contributed by atoms with Gasteiger partial charge < -0.3 is 10.2 Å². The molecule has 0 aliphatic rings. The van der Waals surface area contributed by atoms with Crippen LogP contribution in [0.3, 0.4) is 0 Å². The summed E-state index contributed by atoms with van der Waals surface area (Å²) in [7, 11) is 9.78. The fourth-order valence-electron chi connectivity index (χ4n) is 3.37. The Morgan fingerprint density at radius 1 is 0.667 bits per heavy atom. The molecule has 0 atom stereocenters. The molecule has 0 amide bonds. The number of hydrogen-bond acceptors (Lipinski definition) is 4. The van der Waals surface area contributed by atoms with Crippen LogP contribution in [0.5, 0.6) is 11.5 Å². The number of rotatable bonds is 4. The molecule has 7 heteroatoms. The number of aryl methyl sites for hydroxylation is 2. The first-order valence-electron chi connectivity index (χ1n) is 10.1. The van der Waals surface area contributed by atoms with E-state index in [0.29, 0.717) is 11.1 Å². The molecule has 33 heavy (non-hydrogen) atoms. The van der Waals surface area contributed by atoms with Crippen molar-refractivity contribution in [2.45, 2.75) is 13.8 Å². The summed E-state index contributed by atoms with van der Waals surface area (Å²) in [6.45, 7) is 3.72. The topological polar surface area (TPSA) is 65.2 Å². The van der Waals surface area contributed by atoms with Gasteiger partial charge in [-0.2, -0.15) is 0 Å². The van der Waals surface area contributed by atoms with Crippen molar-refractivity contribution in [2.75, 3.05) is 0 Å². The molecular weight excluding hydrogens is 491 g/mol. The van der Waals surface area contributed by atoms with Gasteiger partial charge in [0.1, 0.15) is 11.5 Å². The quantitative estimate of drug-likeness (QED) is 0.217. The minimum atomic E-state index is -0.556. The number of fused-ring (bicyclic) bond motifs is 1. The Hall–Kier alpha value is -2.63. The van der Waals surface area contributed by atoms with Crippen LogP contribution in [0.1, 0.15) is 22.3 Å². The number of aromatic hydroxyl groups is 2. The molecule has 0 aliphatic carbocycles. The maximum absolute atomic E-state index is 10.3. The summed E-state index contributed by atoms with van der Waals surface area (Å²) in [5, 5.41) is 22.5. The van der Waals surface area contributed by atoms with Gasteiger partial charge in [0, 0.05) is 28.9 Å². The summed E-state index contributed by atoms with van der Waals surface area (Å²) in [5.74, 6) is 0.462. The van der Waals surface area contributed by atoms with E-state index in [-0.39, 0.29) is 11.5 Å². The van der Waals surface area contributed by atoms with Gasteiger partial charge in [0.05, 0.1) is 11.4 Å². The fraction of sp³-hybridized carbons (Fsp3) is 0.0769. The molecule has 0 aliphatic heterocycles. The summed E-state index contributed by atoms with van der Waals surface area (Å²) in [5.41, 5.74) is 4.46. The van der Waals surface area contributed by atoms with Crippen molar-refractivity contribution in [3.8, 4) is 11.5 Å². The summed E-state index contributed by atoms with van der Waals surface area (Å²) >= 11 is -0.556. The molecule has 0 aromatic heterocycles. The zero-order chi connectivity index (χ0) is 23.8. The molecule has 0 saturated heterocycles. The molecule has 0 bridgehead atoms. The molecule has 0 radical (unpaired) electrons. The first-order chi connectivity index (χ1) is 16.0. The van der Waals surface area contributed by atoms with Gasteiger partial charge in [0.2, 0.25) is 0 Å². The number of hydrogen-bond donors (Lipinski definition) is 2. The monoisotopic (exact) mass is 512 g/mol. The SMILES string of the molecule is Cc1cccc(C=Nc2cccc3cccc(N=Cc4cccc(C)c4O)c23)c1O.[Cl][Ti][Cl]. The van der Waals surface area contributed by atoms with Gasteiger partial charge in [-0.1, -0.05) is 48.5 Å². The summed E-state index contributed by atoms with van der Waals surface area (Å²) < 4.78 is 0. The zero-order valence-electron chi connectivity index (χ0n) is 18.1. The second-order valence-corrected chi connectivity index (χ2v) is 9.84. The number of para-hydroxylation sites is 2. The van der Waals surface area contributed by atoms with E-state index in [1.165, 1.54) is 0 Å². The van der Waals surface area contributed by atoms with Crippen LogP contribution >= 0.6 is 18.6 Å². The van der Waals surface area contributed by atoms with Gasteiger partial charge >= 0.3 is 35.6 Å². The molecule has 0 heterocycles. The van der Waals surface area contributed by atoms with E-state index in [0.717, 1.165) is 33.3 Å². The first kappa shape index (κ1) is 25.0. The molecule has 4 nitrogen and oxygen atoms in total. The number of benzene rings is 4. The molecule has 0 unspecified atom stereocenters. The van der Waals surface area contributed by atoms with Gasteiger partial charge in [-0.05, 0) is 54.6 Å². The minimum absolute atomic E-state index is 0.231. The Morgan fingerprint density at radius 2 is 1.06 bits per heavy atom. The average Bonchev–Trinajstić information content (AvgIpc) is 2.81. The van der Waals surface area contributed by atoms with Crippen molar-refractivity contribution in [2.24, 2.45) is 9.98 Å². The van der Waals surface area contributed by atoms with E-state index >= 15 is 0 Å². The van der Waals surface area contributed by atoms with Crippen molar-refractivity contribution >= 4 is 53.2 Å². The number of aliphatic imine (C=N–C) groups is 2. The van der Waals surface area contributed by atoms with E-state index in [1.54, 1.807) is 12.4 Å². The number of nitrogens with zero attached hydrogens (tertiary/aromatic N) is 2. The third kappa shape index (κ3) is 6.24. The Balaban J connectivity index is 0.000000968. The summed E-state index contributed by atoms with van der Waals surface area (Å²) in [4.78, 5) is 9.29. The van der Waals surface area contributed by atoms with Crippen LogP contribution in [0.4, 0.5) is 11.4 Å². The third-order valence-electron chi connectivity index (χ3n) is 5.08. The second-order valence-electron chi connectivity index (χ2n) is 7.27. The van der Waals surface area contributed by atoms with E-state index in [2.05, 4.69) is 9.98 Å². The Bertz CT molecular complexity index is 1230. The third-order valence-corrected chi connectivity index (χ3v) is 5.08. The number of halogens is 2. The predicted molar refractivity (Wildman–Crippen MR) is 136 cm³/mol. The Morgan fingerprint density at radius 3 is 1.48 bits per heavy atom. The molecule has 2 N–H and O–H groups in total. The van der Waals surface area contributed by atoms with Gasteiger partial charge in [-0.15, -0.1) is 0 Å². The van der Waals surface area contributed by atoms with E-state index < -0.39 is 17.0 Å². The molecule has 0 spiro atoms. The standard InChI is InChI=1S/C26H22N2O2.2ClH.Ti/c1-17-7-3-11-20(25(17)29)15-27-22-13-5-9-19-10-6-14-23(24(19)22)28-16-21-12-4-8-18(2)26(21)30;;;/h3-16,29-30H,1-2H3;2*1H;/q;;;+2/p-2. The molecule has 4 aromatic rings. The molecule has 166 valence electrons. The molecule has 4 aromatic carbocycles. The van der Waals surface area contributed by atoms with Gasteiger partial charge in [-0.3, -0.25) is 9.98 Å². The molecular formula is C26H22Cl2N2O2Ti. The van der Waals surface area contributed by atoms with Crippen molar-refractivity contribution < 1.29 is 27.2 Å². The molecule has 4 rings (SSSR count). The van der Waals surface area contributed by atoms with E-state index in [4.69, 9.17) is 18.6 Å². The van der Waals surface area contributed by atoms with Crippen LogP contribution < -0.4 is 0 Å². The van der Waals surface area contributed by atoms with E-state index in [9.17, 15) is 10.2 Å².